The second-order valence-electron chi connectivity index (χ2n) is 4.79. The van der Waals surface area contributed by atoms with Crippen molar-refractivity contribution in [3.05, 3.63) is 29.6 Å². The highest BCUT2D eigenvalue weighted by atomic mass is 35.5. The van der Waals surface area contributed by atoms with Gasteiger partial charge in [0, 0.05) is 18.5 Å². The maximum absolute atomic E-state index is 13.2. The lowest BCUT2D eigenvalue weighted by Crippen LogP contribution is -2.44. The SMILES string of the molecule is O=C(c1cc(F)ccc1O)N(CCCCl)C1CCC1. The highest BCUT2D eigenvalue weighted by Crippen LogP contribution is 2.28. The third-order valence-corrected chi connectivity index (χ3v) is 3.77. The molecule has 0 unspecified atom stereocenters. The van der Waals surface area contributed by atoms with Gasteiger partial charge in [-0.05, 0) is 43.9 Å². The predicted octanol–water partition coefficient (Wildman–Crippen LogP) is 3.15. The minimum absolute atomic E-state index is 0.0291. The van der Waals surface area contributed by atoms with E-state index in [4.69, 9.17) is 11.6 Å². The van der Waals surface area contributed by atoms with Crippen molar-refractivity contribution in [1.82, 2.24) is 4.90 Å². The van der Waals surface area contributed by atoms with E-state index in [1.807, 2.05) is 0 Å². The van der Waals surface area contributed by atoms with Gasteiger partial charge in [-0.15, -0.1) is 11.6 Å². The number of alkyl halides is 1. The fourth-order valence-electron chi connectivity index (χ4n) is 2.21. The van der Waals surface area contributed by atoms with Crippen molar-refractivity contribution in [1.29, 1.82) is 0 Å². The van der Waals surface area contributed by atoms with Crippen LogP contribution >= 0.6 is 11.6 Å². The van der Waals surface area contributed by atoms with E-state index < -0.39 is 5.82 Å². The molecule has 5 heteroatoms. The molecule has 0 bridgehead atoms. The summed E-state index contributed by atoms with van der Waals surface area (Å²) in [5.41, 5.74) is 0.0291. The van der Waals surface area contributed by atoms with Gasteiger partial charge in [0.05, 0.1) is 5.56 Å². The van der Waals surface area contributed by atoms with E-state index in [1.165, 1.54) is 6.07 Å². The van der Waals surface area contributed by atoms with Crippen LogP contribution < -0.4 is 0 Å². The smallest absolute Gasteiger partial charge is 0.257 e. The summed E-state index contributed by atoms with van der Waals surface area (Å²) in [6.07, 6.45) is 3.72. The van der Waals surface area contributed by atoms with E-state index in [-0.39, 0.29) is 23.3 Å². The molecule has 1 aromatic carbocycles. The summed E-state index contributed by atoms with van der Waals surface area (Å²) >= 11 is 5.67. The van der Waals surface area contributed by atoms with E-state index in [9.17, 15) is 14.3 Å². The molecule has 2 rings (SSSR count). The average Bonchev–Trinajstić information content (AvgIpc) is 2.34. The van der Waals surface area contributed by atoms with Gasteiger partial charge >= 0.3 is 0 Å². The van der Waals surface area contributed by atoms with E-state index in [0.717, 1.165) is 31.4 Å². The molecular formula is C14H17ClFNO2. The zero-order chi connectivity index (χ0) is 13.8. The van der Waals surface area contributed by atoms with Gasteiger partial charge in [0.15, 0.2) is 0 Å². The quantitative estimate of drug-likeness (QED) is 0.844. The molecule has 0 aromatic heterocycles. The molecule has 0 radical (unpaired) electrons. The Hall–Kier alpha value is -1.29. The van der Waals surface area contributed by atoms with Gasteiger partial charge in [-0.1, -0.05) is 0 Å². The van der Waals surface area contributed by atoms with Crippen LogP contribution in [0, 0.1) is 5.82 Å². The Balaban J connectivity index is 2.19. The third kappa shape index (κ3) is 3.18. The van der Waals surface area contributed by atoms with Gasteiger partial charge in [0.25, 0.3) is 5.91 Å². The van der Waals surface area contributed by atoms with Gasteiger partial charge in [0.1, 0.15) is 11.6 Å². The Labute approximate surface area is 117 Å². The number of carbonyl (C=O) groups is 1. The number of hydrogen-bond donors (Lipinski definition) is 1. The molecule has 3 nitrogen and oxygen atoms in total. The first-order valence-corrected chi connectivity index (χ1v) is 7.02. The molecule has 1 saturated carbocycles. The fraction of sp³-hybridized carbons (Fsp3) is 0.500. The fourth-order valence-corrected chi connectivity index (χ4v) is 2.33. The summed E-state index contributed by atoms with van der Waals surface area (Å²) < 4.78 is 13.2. The number of nitrogens with zero attached hydrogens (tertiary/aromatic N) is 1. The molecular weight excluding hydrogens is 269 g/mol. The molecule has 1 aliphatic carbocycles. The Bertz CT molecular complexity index is 463. The van der Waals surface area contributed by atoms with Crippen LogP contribution in [-0.4, -0.2) is 34.4 Å². The van der Waals surface area contributed by atoms with Gasteiger partial charge in [-0.3, -0.25) is 4.79 Å². The van der Waals surface area contributed by atoms with Crippen LogP contribution in [-0.2, 0) is 0 Å². The molecule has 1 aromatic rings. The molecule has 0 saturated heterocycles. The van der Waals surface area contributed by atoms with Gasteiger partial charge in [-0.2, -0.15) is 0 Å². The molecule has 1 fully saturated rings. The largest absolute Gasteiger partial charge is 0.507 e. The van der Waals surface area contributed by atoms with Crippen molar-refractivity contribution < 1.29 is 14.3 Å². The number of phenols is 1. The lowest BCUT2D eigenvalue weighted by Gasteiger charge is -2.37. The zero-order valence-electron chi connectivity index (χ0n) is 10.6. The van der Waals surface area contributed by atoms with Crippen LogP contribution in [0.1, 0.15) is 36.0 Å². The Morgan fingerprint density at radius 1 is 1.47 bits per heavy atom. The van der Waals surface area contributed by atoms with Gasteiger partial charge < -0.3 is 10.0 Å². The molecule has 0 heterocycles. The van der Waals surface area contributed by atoms with Crippen LogP contribution in [0.15, 0.2) is 18.2 Å². The zero-order valence-corrected chi connectivity index (χ0v) is 11.4. The number of benzene rings is 1. The first kappa shape index (κ1) is 14.1. The van der Waals surface area contributed by atoms with Gasteiger partial charge in [-0.25, -0.2) is 4.39 Å². The molecule has 0 aliphatic heterocycles. The Kier molecular flexibility index (Phi) is 4.64. The van der Waals surface area contributed by atoms with E-state index in [2.05, 4.69) is 0 Å². The minimum atomic E-state index is -0.521. The molecule has 1 aliphatic rings. The van der Waals surface area contributed by atoms with Crippen molar-refractivity contribution >= 4 is 17.5 Å². The summed E-state index contributed by atoms with van der Waals surface area (Å²) in [5, 5.41) is 9.71. The van der Waals surface area contributed by atoms with Crippen molar-refractivity contribution in [2.45, 2.75) is 31.7 Å². The van der Waals surface area contributed by atoms with Crippen LogP contribution in [0.25, 0.3) is 0 Å². The Morgan fingerprint density at radius 3 is 2.79 bits per heavy atom. The number of hydrogen-bond acceptors (Lipinski definition) is 2. The van der Waals surface area contributed by atoms with Crippen LogP contribution in [0.5, 0.6) is 5.75 Å². The minimum Gasteiger partial charge on any atom is -0.507 e. The summed E-state index contributed by atoms with van der Waals surface area (Å²) in [6, 6.07) is 3.63. The highest BCUT2D eigenvalue weighted by Gasteiger charge is 2.30. The van der Waals surface area contributed by atoms with Crippen molar-refractivity contribution in [3.8, 4) is 5.75 Å². The number of phenolic OH excluding ortho intramolecular Hbond substituents is 1. The van der Waals surface area contributed by atoms with Gasteiger partial charge in [0.2, 0.25) is 0 Å². The highest BCUT2D eigenvalue weighted by molar-refractivity contribution is 6.17. The van der Waals surface area contributed by atoms with E-state index in [0.29, 0.717) is 18.8 Å². The lowest BCUT2D eigenvalue weighted by molar-refractivity contribution is 0.0577. The maximum Gasteiger partial charge on any atom is 0.257 e. The number of carbonyl (C=O) groups excluding carboxylic acids is 1. The first-order chi connectivity index (χ1) is 9.13. The first-order valence-electron chi connectivity index (χ1n) is 6.49. The predicted molar refractivity (Wildman–Crippen MR) is 72.1 cm³/mol. The number of rotatable bonds is 5. The Morgan fingerprint density at radius 2 is 2.21 bits per heavy atom. The summed E-state index contributed by atoms with van der Waals surface area (Å²) in [6.45, 7) is 0.545. The monoisotopic (exact) mass is 285 g/mol. The van der Waals surface area contributed by atoms with Crippen LogP contribution in [0.3, 0.4) is 0 Å². The van der Waals surface area contributed by atoms with Crippen molar-refractivity contribution in [3.63, 3.8) is 0 Å². The number of aromatic hydroxyl groups is 1. The third-order valence-electron chi connectivity index (χ3n) is 3.50. The standard InChI is InChI=1S/C14H17ClFNO2/c15-7-2-8-17(11-3-1-4-11)14(19)12-9-10(16)5-6-13(12)18/h5-6,9,11,18H,1-4,7-8H2. The van der Waals surface area contributed by atoms with Crippen LogP contribution in [0.2, 0.25) is 0 Å². The second kappa shape index (κ2) is 6.24. The van der Waals surface area contributed by atoms with Crippen molar-refractivity contribution in [2.24, 2.45) is 0 Å². The number of halogens is 2. The summed E-state index contributed by atoms with van der Waals surface area (Å²) in [5.74, 6) is -0.536. The molecule has 0 spiro atoms. The molecule has 1 N–H and O–H groups in total. The topological polar surface area (TPSA) is 40.5 Å². The normalized spacial score (nSPS) is 15.1. The maximum atomic E-state index is 13.2. The van der Waals surface area contributed by atoms with Crippen molar-refractivity contribution in [2.75, 3.05) is 12.4 Å². The van der Waals surface area contributed by atoms with E-state index >= 15 is 0 Å². The summed E-state index contributed by atoms with van der Waals surface area (Å²) in [7, 11) is 0. The lowest BCUT2D eigenvalue weighted by atomic mass is 9.90. The molecule has 0 atom stereocenters. The average molecular weight is 286 g/mol. The molecule has 19 heavy (non-hydrogen) atoms. The van der Waals surface area contributed by atoms with Crippen LogP contribution in [0.4, 0.5) is 4.39 Å². The number of amides is 1. The molecule has 1 amide bonds. The van der Waals surface area contributed by atoms with E-state index in [1.54, 1.807) is 4.90 Å². The molecule has 104 valence electrons. The second-order valence-corrected chi connectivity index (χ2v) is 5.17. The summed E-state index contributed by atoms with van der Waals surface area (Å²) in [4.78, 5) is 14.1.